The monoisotopic (exact) mass is 451 g/mol. The van der Waals surface area contributed by atoms with Crippen LogP contribution in [0.4, 0.5) is 13.9 Å². The number of aryl methyl sites for hydroxylation is 1. The van der Waals surface area contributed by atoms with Gasteiger partial charge in [-0.2, -0.15) is 0 Å². The van der Waals surface area contributed by atoms with Crippen molar-refractivity contribution in [3.8, 4) is 0 Å². The molecule has 1 aromatic heterocycles. The van der Waals surface area contributed by atoms with E-state index in [1.165, 1.54) is 22.3 Å². The van der Waals surface area contributed by atoms with Crippen molar-refractivity contribution in [3.63, 3.8) is 0 Å². The molecule has 1 aliphatic rings. The molecular formula is C21H20ClF2N3O2S. The summed E-state index contributed by atoms with van der Waals surface area (Å²) in [6.07, 6.45) is 0. The van der Waals surface area contributed by atoms with Gasteiger partial charge in [-0.25, -0.2) is 13.8 Å². The zero-order valence-corrected chi connectivity index (χ0v) is 17.9. The number of anilines is 1. The van der Waals surface area contributed by atoms with Crippen molar-refractivity contribution < 1.29 is 18.3 Å². The van der Waals surface area contributed by atoms with Crippen LogP contribution in [-0.2, 0) is 4.74 Å². The lowest BCUT2D eigenvalue weighted by atomic mass is 10.2. The smallest absolute Gasteiger partial charge is 0.263 e. The van der Waals surface area contributed by atoms with Crippen LogP contribution >= 0.6 is 22.9 Å². The van der Waals surface area contributed by atoms with E-state index in [4.69, 9.17) is 16.3 Å². The molecule has 2 aromatic carbocycles. The van der Waals surface area contributed by atoms with Gasteiger partial charge in [0.1, 0.15) is 11.6 Å². The first-order valence-corrected chi connectivity index (χ1v) is 10.8. The average Bonchev–Trinajstić information content (AvgIpc) is 3.18. The van der Waals surface area contributed by atoms with Crippen LogP contribution in [0.2, 0.25) is 5.02 Å². The molecular weight excluding hydrogens is 432 g/mol. The van der Waals surface area contributed by atoms with Crippen molar-refractivity contribution in [3.05, 3.63) is 58.1 Å². The highest BCUT2D eigenvalue weighted by atomic mass is 35.5. The van der Waals surface area contributed by atoms with Crippen molar-refractivity contribution in [2.45, 2.75) is 6.92 Å². The van der Waals surface area contributed by atoms with Gasteiger partial charge in [0, 0.05) is 32.2 Å². The van der Waals surface area contributed by atoms with Crippen LogP contribution in [0.3, 0.4) is 0 Å². The van der Waals surface area contributed by atoms with E-state index in [1.807, 2.05) is 13.0 Å². The lowest BCUT2D eigenvalue weighted by Crippen LogP contribution is -2.43. The number of benzene rings is 2. The Labute approximate surface area is 181 Å². The summed E-state index contributed by atoms with van der Waals surface area (Å²) in [5, 5.41) is 0.982. The molecule has 2 heterocycles. The summed E-state index contributed by atoms with van der Waals surface area (Å²) in [6, 6.07) is 6.62. The predicted molar refractivity (Wildman–Crippen MR) is 115 cm³/mol. The zero-order valence-electron chi connectivity index (χ0n) is 16.3. The zero-order chi connectivity index (χ0) is 21.3. The topological polar surface area (TPSA) is 45.7 Å². The Morgan fingerprint density at radius 2 is 2.03 bits per heavy atom. The fourth-order valence-corrected chi connectivity index (χ4v) is 4.71. The second-order valence-electron chi connectivity index (χ2n) is 7.07. The molecule has 0 bridgehead atoms. The van der Waals surface area contributed by atoms with E-state index >= 15 is 0 Å². The van der Waals surface area contributed by atoms with Crippen LogP contribution in [0, 0.1) is 18.6 Å². The Kier molecular flexibility index (Phi) is 6.29. The molecule has 30 heavy (non-hydrogen) atoms. The maximum atomic E-state index is 14.4. The summed E-state index contributed by atoms with van der Waals surface area (Å²) >= 11 is 7.62. The highest BCUT2D eigenvalue weighted by Crippen LogP contribution is 2.36. The molecule has 1 amide bonds. The van der Waals surface area contributed by atoms with E-state index in [2.05, 4.69) is 9.88 Å². The fourth-order valence-electron chi connectivity index (χ4n) is 3.36. The SMILES string of the molecule is Cc1ccc(Cl)c2sc(N(CCN3CCOCC3)C(=O)c3ccc(F)cc3F)nc12. The number of fused-ring (bicyclic) bond motifs is 1. The maximum absolute atomic E-state index is 14.4. The van der Waals surface area contributed by atoms with Crippen LogP contribution in [0.1, 0.15) is 15.9 Å². The molecule has 9 heteroatoms. The number of hydrogen-bond donors (Lipinski definition) is 0. The fraction of sp³-hybridized carbons (Fsp3) is 0.333. The first kappa shape index (κ1) is 21.1. The second-order valence-corrected chi connectivity index (χ2v) is 8.46. The Bertz CT molecular complexity index is 1050. The summed E-state index contributed by atoms with van der Waals surface area (Å²) in [5.41, 5.74) is 1.46. The standard InChI is InChI=1S/C21H20ClF2N3O2S/c1-13-2-5-16(22)19-18(13)25-21(30-19)27(7-6-26-8-10-29-11-9-26)20(28)15-4-3-14(23)12-17(15)24/h2-5,12H,6-11H2,1H3. The van der Waals surface area contributed by atoms with E-state index in [9.17, 15) is 13.6 Å². The molecule has 4 rings (SSSR count). The van der Waals surface area contributed by atoms with Gasteiger partial charge in [-0.05, 0) is 30.7 Å². The third-order valence-electron chi connectivity index (χ3n) is 5.07. The molecule has 0 saturated carbocycles. The van der Waals surface area contributed by atoms with Crippen molar-refractivity contribution in [2.75, 3.05) is 44.3 Å². The van der Waals surface area contributed by atoms with Gasteiger partial charge in [0.25, 0.3) is 5.91 Å². The Hall–Kier alpha value is -2.13. The van der Waals surface area contributed by atoms with Gasteiger partial charge in [-0.3, -0.25) is 14.6 Å². The van der Waals surface area contributed by atoms with Gasteiger partial charge in [0.15, 0.2) is 5.13 Å². The van der Waals surface area contributed by atoms with Crippen LogP contribution < -0.4 is 4.90 Å². The van der Waals surface area contributed by atoms with E-state index in [1.54, 1.807) is 6.07 Å². The van der Waals surface area contributed by atoms with Gasteiger partial charge >= 0.3 is 0 Å². The molecule has 1 saturated heterocycles. The number of hydrogen-bond acceptors (Lipinski definition) is 5. The predicted octanol–water partition coefficient (Wildman–Crippen LogP) is 4.52. The van der Waals surface area contributed by atoms with Gasteiger partial charge in [-0.15, -0.1) is 0 Å². The minimum Gasteiger partial charge on any atom is -0.379 e. The Morgan fingerprint density at radius 1 is 1.27 bits per heavy atom. The highest BCUT2D eigenvalue weighted by molar-refractivity contribution is 7.23. The number of carbonyl (C=O) groups is 1. The van der Waals surface area contributed by atoms with Gasteiger partial charge in [0.2, 0.25) is 0 Å². The largest absolute Gasteiger partial charge is 0.379 e. The van der Waals surface area contributed by atoms with Crippen molar-refractivity contribution in [1.29, 1.82) is 0 Å². The molecule has 0 spiro atoms. The van der Waals surface area contributed by atoms with Crippen molar-refractivity contribution >= 4 is 44.2 Å². The van der Waals surface area contributed by atoms with Gasteiger partial charge < -0.3 is 4.74 Å². The summed E-state index contributed by atoms with van der Waals surface area (Å²) in [7, 11) is 0. The Morgan fingerprint density at radius 3 is 2.73 bits per heavy atom. The molecule has 5 nitrogen and oxygen atoms in total. The number of nitrogens with zero attached hydrogens (tertiary/aromatic N) is 3. The molecule has 0 radical (unpaired) electrons. The number of morpholine rings is 1. The van der Waals surface area contributed by atoms with E-state index < -0.39 is 17.5 Å². The summed E-state index contributed by atoms with van der Waals surface area (Å²) < 4.78 is 33.8. The number of carbonyl (C=O) groups excluding carboxylic acids is 1. The van der Waals surface area contributed by atoms with E-state index in [0.717, 1.165) is 29.4 Å². The van der Waals surface area contributed by atoms with Crippen LogP contribution in [0.5, 0.6) is 0 Å². The lowest BCUT2D eigenvalue weighted by molar-refractivity contribution is 0.0391. The summed E-state index contributed by atoms with van der Waals surface area (Å²) in [4.78, 5) is 21.5. The van der Waals surface area contributed by atoms with Gasteiger partial charge in [-0.1, -0.05) is 29.0 Å². The summed E-state index contributed by atoms with van der Waals surface area (Å²) in [5.74, 6) is -2.19. The molecule has 0 aliphatic carbocycles. The molecule has 0 N–H and O–H groups in total. The maximum Gasteiger partial charge on any atom is 0.263 e. The number of aromatic nitrogens is 1. The molecule has 0 atom stereocenters. The third-order valence-corrected chi connectivity index (χ3v) is 6.61. The minimum absolute atomic E-state index is 0.194. The van der Waals surface area contributed by atoms with E-state index in [0.29, 0.717) is 48.0 Å². The molecule has 3 aromatic rings. The summed E-state index contributed by atoms with van der Waals surface area (Å²) in [6.45, 7) is 5.61. The number of thiazole rings is 1. The first-order chi connectivity index (χ1) is 14.4. The number of rotatable bonds is 5. The normalized spacial score (nSPS) is 14.9. The van der Waals surface area contributed by atoms with Crippen LogP contribution in [-0.4, -0.2) is 55.2 Å². The van der Waals surface area contributed by atoms with Crippen molar-refractivity contribution in [2.24, 2.45) is 0 Å². The molecule has 0 unspecified atom stereocenters. The van der Waals surface area contributed by atoms with Crippen LogP contribution in [0.25, 0.3) is 10.2 Å². The highest BCUT2D eigenvalue weighted by Gasteiger charge is 2.26. The van der Waals surface area contributed by atoms with E-state index in [-0.39, 0.29) is 5.56 Å². The number of ether oxygens (including phenoxy) is 1. The van der Waals surface area contributed by atoms with Gasteiger partial charge in [0.05, 0.1) is 34.0 Å². The molecule has 1 fully saturated rings. The average molecular weight is 452 g/mol. The molecule has 158 valence electrons. The minimum atomic E-state index is -0.897. The lowest BCUT2D eigenvalue weighted by Gasteiger charge is -2.29. The molecule has 1 aliphatic heterocycles. The second kappa shape index (κ2) is 8.93. The third kappa shape index (κ3) is 4.32. The Balaban J connectivity index is 1.70. The van der Waals surface area contributed by atoms with Crippen LogP contribution in [0.15, 0.2) is 30.3 Å². The number of amides is 1. The number of halogens is 3. The van der Waals surface area contributed by atoms with Crippen molar-refractivity contribution in [1.82, 2.24) is 9.88 Å². The first-order valence-electron chi connectivity index (χ1n) is 9.56. The quantitative estimate of drug-likeness (QED) is 0.572.